The largest absolute Gasteiger partial charge is 0.495 e. The molecular formula is C14H22N2O3S. The van der Waals surface area contributed by atoms with Gasteiger partial charge in [-0.1, -0.05) is 19.8 Å². The van der Waals surface area contributed by atoms with Crippen LogP contribution in [0.3, 0.4) is 0 Å². The molecule has 0 radical (unpaired) electrons. The molecule has 1 saturated carbocycles. The first-order chi connectivity index (χ1) is 9.36. The highest BCUT2D eigenvalue weighted by atomic mass is 32.2. The fourth-order valence-corrected chi connectivity index (χ4v) is 4.06. The van der Waals surface area contributed by atoms with Crippen LogP contribution in [0.25, 0.3) is 0 Å². The van der Waals surface area contributed by atoms with Crippen LogP contribution in [0.15, 0.2) is 23.1 Å². The van der Waals surface area contributed by atoms with Crippen LogP contribution in [0, 0.1) is 5.41 Å². The maximum atomic E-state index is 12.4. The van der Waals surface area contributed by atoms with Gasteiger partial charge >= 0.3 is 0 Å². The lowest BCUT2D eigenvalue weighted by atomic mass is 9.89. The molecule has 1 aliphatic carbocycles. The van der Waals surface area contributed by atoms with E-state index in [9.17, 15) is 8.42 Å². The van der Waals surface area contributed by atoms with E-state index in [2.05, 4.69) is 11.6 Å². The van der Waals surface area contributed by atoms with E-state index in [4.69, 9.17) is 10.5 Å². The first-order valence-corrected chi connectivity index (χ1v) is 8.28. The van der Waals surface area contributed by atoms with Gasteiger partial charge in [0, 0.05) is 12.2 Å². The minimum atomic E-state index is -3.61. The van der Waals surface area contributed by atoms with Crippen molar-refractivity contribution in [2.24, 2.45) is 5.41 Å². The number of sulfonamides is 1. The predicted octanol–water partition coefficient (Wildman–Crippen LogP) is 2.14. The average molecular weight is 298 g/mol. The van der Waals surface area contributed by atoms with Gasteiger partial charge in [-0.05, 0) is 36.5 Å². The molecule has 1 aromatic carbocycles. The zero-order chi connectivity index (χ0) is 14.8. The van der Waals surface area contributed by atoms with Crippen LogP contribution in [-0.2, 0) is 10.0 Å². The number of nitrogen functional groups attached to an aromatic ring is 1. The Labute approximate surface area is 120 Å². The van der Waals surface area contributed by atoms with Crippen molar-refractivity contribution in [2.75, 3.05) is 19.4 Å². The Hall–Kier alpha value is -1.27. The zero-order valence-corrected chi connectivity index (χ0v) is 12.8. The summed E-state index contributed by atoms with van der Waals surface area (Å²) in [5.74, 6) is 0.309. The van der Waals surface area contributed by atoms with Gasteiger partial charge in [-0.2, -0.15) is 0 Å². The van der Waals surface area contributed by atoms with Crippen LogP contribution < -0.4 is 15.2 Å². The number of nitrogens with one attached hydrogen (secondary N) is 1. The van der Waals surface area contributed by atoms with E-state index in [0.717, 1.165) is 12.8 Å². The van der Waals surface area contributed by atoms with Gasteiger partial charge < -0.3 is 10.5 Å². The molecule has 2 rings (SSSR count). The summed E-state index contributed by atoms with van der Waals surface area (Å²) in [6, 6.07) is 4.62. The predicted molar refractivity (Wildman–Crippen MR) is 79.2 cm³/mol. The molecule has 0 bridgehead atoms. The minimum Gasteiger partial charge on any atom is -0.495 e. The standard InChI is InChI=1S/C14H22N2O3S/c1-14(7-3-4-8-14)10-16-20(17,18)13-9-11(15)5-6-12(13)19-2/h5-6,9,16H,3-4,7-8,10,15H2,1-2H3. The fourth-order valence-electron chi connectivity index (χ4n) is 2.66. The summed E-state index contributed by atoms with van der Waals surface area (Å²) in [5, 5.41) is 0. The summed E-state index contributed by atoms with van der Waals surface area (Å²) in [6.45, 7) is 2.58. The summed E-state index contributed by atoms with van der Waals surface area (Å²) in [5.41, 5.74) is 6.13. The smallest absolute Gasteiger partial charge is 0.244 e. The van der Waals surface area contributed by atoms with Crippen molar-refractivity contribution in [2.45, 2.75) is 37.5 Å². The van der Waals surface area contributed by atoms with E-state index in [1.807, 2.05) is 0 Å². The number of hydrogen-bond donors (Lipinski definition) is 2. The van der Waals surface area contributed by atoms with Crippen molar-refractivity contribution in [1.29, 1.82) is 0 Å². The van der Waals surface area contributed by atoms with Crippen molar-refractivity contribution >= 4 is 15.7 Å². The minimum absolute atomic E-state index is 0.0562. The first kappa shape index (κ1) is 15.1. The molecule has 112 valence electrons. The lowest BCUT2D eigenvalue weighted by Gasteiger charge is -2.24. The van der Waals surface area contributed by atoms with Crippen LogP contribution in [0.1, 0.15) is 32.6 Å². The van der Waals surface area contributed by atoms with Gasteiger partial charge in [-0.3, -0.25) is 0 Å². The molecule has 0 atom stereocenters. The maximum absolute atomic E-state index is 12.4. The molecule has 1 aromatic rings. The molecular weight excluding hydrogens is 276 g/mol. The normalized spacial score (nSPS) is 18.1. The van der Waals surface area contributed by atoms with Crippen molar-refractivity contribution in [3.05, 3.63) is 18.2 Å². The first-order valence-electron chi connectivity index (χ1n) is 6.79. The van der Waals surface area contributed by atoms with Crippen LogP contribution in [0.4, 0.5) is 5.69 Å². The second-order valence-electron chi connectivity index (χ2n) is 5.75. The van der Waals surface area contributed by atoms with Gasteiger partial charge in [0.2, 0.25) is 10.0 Å². The average Bonchev–Trinajstić information content (AvgIpc) is 2.84. The van der Waals surface area contributed by atoms with Gasteiger partial charge in [-0.15, -0.1) is 0 Å². The molecule has 0 aromatic heterocycles. The highest BCUT2D eigenvalue weighted by Crippen LogP contribution is 2.37. The Balaban J connectivity index is 2.20. The molecule has 6 heteroatoms. The number of rotatable bonds is 5. The van der Waals surface area contributed by atoms with Crippen molar-refractivity contribution in [1.82, 2.24) is 4.72 Å². The van der Waals surface area contributed by atoms with Crippen LogP contribution in [0.5, 0.6) is 5.75 Å². The third-order valence-corrected chi connectivity index (χ3v) is 5.40. The second-order valence-corrected chi connectivity index (χ2v) is 7.49. The number of benzene rings is 1. The Kier molecular flexibility index (Phi) is 4.25. The van der Waals surface area contributed by atoms with Gasteiger partial charge in [0.05, 0.1) is 7.11 Å². The topological polar surface area (TPSA) is 81.4 Å². The van der Waals surface area contributed by atoms with Crippen LogP contribution >= 0.6 is 0 Å². The van der Waals surface area contributed by atoms with E-state index < -0.39 is 10.0 Å². The molecule has 1 aliphatic rings. The number of hydrogen-bond acceptors (Lipinski definition) is 4. The lowest BCUT2D eigenvalue weighted by Crippen LogP contribution is -2.34. The molecule has 0 amide bonds. The van der Waals surface area contributed by atoms with Gasteiger partial charge in [0.1, 0.15) is 10.6 Å². The third kappa shape index (κ3) is 3.24. The van der Waals surface area contributed by atoms with Crippen molar-refractivity contribution in [3.8, 4) is 5.75 Å². The molecule has 0 heterocycles. The van der Waals surface area contributed by atoms with Gasteiger partial charge in [0.15, 0.2) is 0 Å². The molecule has 0 unspecified atom stereocenters. The molecule has 1 fully saturated rings. The monoisotopic (exact) mass is 298 g/mol. The summed E-state index contributed by atoms with van der Waals surface area (Å²) < 4.78 is 32.6. The van der Waals surface area contributed by atoms with Gasteiger partial charge in [0.25, 0.3) is 0 Å². The van der Waals surface area contributed by atoms with Crippen molar-refractivity contribution in [3.63, 3.8) is 0 Å². The SMILES string of the molecule is COc1ccc(N)cc1S(=O)(=O)NCC1(C)CCCC1. The van der Waals surface area contributed by atoms with E-state index in [1.54, 1.807) is 12.1 Å². The number of methoxy groups -OCH3 is 1. The number of ether oxygens (including phenoxy) is 1. The summed E-state index contributed by atoms with van der Waals surface area (Å²) in [6.07, 6.45) is 4.45. The summed E-state index contributed by atoms with van der Waals surface area (Å²) in [4.78, 5) is 0.0987. The second kappa shape index (κ2) is 5.61. The highest BCUT2D eigenvalue weighted by molar-refractivity contribution is 7.89. The Bertz CT molecular complexity index is 578. The lowest BCUT2D eigenvalue weighted by molar-refractivity contribution is 0.335. The zero-order valence-electron chi connectivity index (χ0n) is 12.0. The molecule has 3 N–H and O–H groups in total. The molecule has 5 nitrogen and oxygen atoms in total. The number of nitrogens with two attached hydrogens (primary N) is 1. The summed E-state index contributed by atoms with van der Waals surface area (Å²) in [7, 11) is -2.16. The van der Waals surface area contributed by atoms with E-state index in [1.165, 1.54) is 26.0 Å². The maximum Gasteiger partial charge on any atom is 0.244 e. The highest BCUT2D eigenvalue weighted by Gasteiger charge is 2.31. The van der Waals surface area contributed by atoms with E-state index in [-0.39, 0.29) is 10.3 Å². The Morgan fingerprint density at radius 3 is 2.60 bits per heavy atom. The van der Waals surface area contributed by atoms with E-state index >= 15 is 0 Å². The number of anilines is 1. The quantitative estimate of drug-likeness (QED) is 0.816. The van der Waals surface area contributed by atoms with Gasteiger partial charge in [-0.25, -0.2) is 13.1 Å². The molecule has 0 spiro atoms. The summed E-state index contributed by atoms with van der Waals surface area (Å²) >= 11 is 0. The van der Waals surface area contributed by atoms with E-state index in [0.29, 0.717) is 18.0 Å². The third-order valence-electron chi connectivity index (χ3n) is 3.98. The fraction of sp³-hybridized carbons (Fsp3) is 0.571. The molecule has 0 aliphatic heterocycles. The molecule has 20 heavy (non-hydrogen) atoms. The van der Waals surface area contributed by atoms with Crippen LogP contribution in [-0.4, -0.2) is 22.1 Å². The van der Waals surface area contributed by atoms with Crippen LogP contribution in [0.2, 0.25) is 0 Å². The molecule has 0 saturated heterocycles. The Morgan fingerprint density at radius 2 is 2.00 bits per heavy atom. The van der Waals surface area contributed by atoms with Crippen molar-refractivity contribution < 1.29 is 13.2 Å². The Morgan fingerprint density at radius 1 is 1.35 bits per heavy atom.